The minimum Gasteiger partial charge on any atom is -0.315 e. The number of hydrogen-bond donors (Lipinski definition) is 1. The van der Waals surface area contributed by atoms with Crippen molar-refractivity contribution in [2.45, 2.75) is 19.8 Å². The molecule has 0 radical (unpaired) electrons. The Morgan fingerprint density at radius 1 is 1.47 bits per heavy atom. The summed E-state index contributed by atoms with van der Waals surface area (Å²) in [7, 11) is 0. The average Bonchev–Trinajstić information content (AvgIpc) is 2.44. The monoisotopic (exact) mass is 228 g/mol. The van der Waals surface area contributed by atoms with E-state index in [2.05, 4.69) is 28.9 Å². The average molecular weight is 228 g/mol. The van der Waals surface area contributed by atoms with Gasteiger partial charge < -0.3 is 10.2 Å². The van der Waals surface area contributed by atoms with Crippen LogP contribution < -0.4 is 5.32 Å². The zero-order valence-corrected chi connectivity index (χ0v) is 10.7. The number of nitrogens with zero attached hydrogens (tertiary/aromatic N) is 1. The first kappa shape index (κ1) is 11.7. The van der Waals surface area contributed by atoms with Crippen molar-refractivity contribution in [3.05, 3.63) is 0 Å². The molecule has 2 fully saturated rings. The van der Waals surface area contributed by atoms with Crippen LogP contribution in [0.5, 0.6) is 0 Å². The lowest BCUT2D eigenvalue weighted by Gasteiger charge is -2.29. The molecule has 0 aliphatic carbocycles. The van der Waals surface area contributed by atoms with Crippen LogP contribution in [0.1, 0.15) is 19.8 Å². The normalized spacial score (nSPS) is 35.0. The van der Waals surface area contributed by atoms with Crippen LogP contribution in [0.4, 0.5) is 0 Å². The van der Waals surface area contributed by atoms with Gasteiger partial charge in [-0.2, -0.15) is 11.8 Å². The Morgan fingerprint density at radius 3 is 3.20 bits per heavy atom. The second-order valence-corrected chi connectivity index (χ2v) is 6.30. The van der Waals surface area contributed by atoms with Crippen molar-refractivity contribution in [1.29, 1.82) is 0 Å². The van der Waals surface area contributed by atoms with Crippen molar-refractivity contribution < 1.29 is 0 Å². The van der Waals surface area contributed by atoms with Crippen LogP contribution in [-0.4, -0.2) is 49.1 Å². The topological polar surface area (TPSA) is 15.3 Å². The largest absolute Gasteiger partial charge is 0.315 e. The highest BCUT2D eigenvalue weighted by Gasteiger charge is 2.20. The van der Waals surface area contributed by atoms with E-state index >= 15 is 0 Å². The van der Waals surface area contributed by atoms with Crippen molar-refractivity contribution in [2.24, 2.45) is 11.8 Å². The minimum atomic E-state index is 0.823. The quantitative estimate of drug-likeness (QED) is 0.774. The number of thioether (sulfide) groups is 1. The fourth-order valence-corrected chi connectivity index (χ4v) is 3.81. The fourth-order valence-electron chi connectivity index (χ4n) is 2.66. The van der Waals surface area contributed by atoms with Crippen molar-refractivity contribution in [3.63, 3.8) is 0 Å². The van der Waals surface area contributed by atoms with Gasteiger partial charge in [0.05, 0.1) is 0 Å². The molecule has 2 heterocycles. The Morgan fingerprint density at radius 2 is 2.40 bits per heavy atom. The maximum absolute atomic E-state index is 3.52. The maximum atomic E-state index is 3.52. The lowest BCUT2D eigenvalue weighted by molar-refractivity contribution is 0.225. The highest BCUT2D eigenvalue weighted by atomic mass is 32.2. The smallest absolute Gasteiger partial charge is 0.0107 e. The molecule has 0 aromatic carbocycles. The van der Waals surface area contributed by atoms with Gasteiger partial charge in [-0.05, 0) is 42.7 Å². The molecule has 2 saturated heterocycles. The van der Waals surface area contributed by atoms with E-state index in [-0.39, 0.29) is 0 Å². The lowest BCUT2D eigenvalue weighted by Crippen LogP contribution is -2.35. The van der Waals surface area contributed by atoms with E-state index < -0.39 is 0 Å². The van der Waals surface area contributed by atoms with Gasteiger partial charge >= 0.3 is 0 Å². The van der Waals surface area contributed by atoms with Crippen molar-refractivity contribution in [1.82, 2.24) is 10.2 Å². The van der Waals surface area contributed by atoms with E-state index in [1.807, 2.05) is 0 Å². The molecule has 0 amide bonds. The predicted molar refractivity (Wildman–Crippen MR) is 68.5 cm³/mol. The third-order valence-corrected chi connectivity index (χ3v) is 4.72. The van der Waals surface area contributed by atoms with E-state index in [4.69, 9.17) is 0 Å². The van der Waals surface area contributed by atoms with Gasteiger partial charge in [-0.1, -0.05) is 6.92 Å². The molecule has 2 aliphatic heterocycles. The highest BCUT2D eigenvalue weighted by molar-refractivity contribution is 7.99. The molecule has 2 atom stereocenters. The zero-order valence-electron chi connectivity index (χ0n) is 9.87. The Bertz CT molecular complexity index is 180. The number of rotatable bonds is 2. The molecule has 0 aromatic heterocycles. The van der Waals surface area contributed by atoms with Gasteiger partial charge in [0.2, 0.25) is 0 Å². The fraction of sp³-hybridized carbons (Fsp3) is 1.00. The SMILES string of the molecule is CC1CNCCN(CC2CCCSC2)C1. The van der Waals surface area contributed by atoms with Crippen LogP contribution in [0.2, 0.25) is 0 Å². The molecular formula is C12H24N2S. The van der Waals surface area contributed by atoms with Gasteiger partial charge in [0.25, 0.3) is 0 Å². The van der Waals surface area contributed by atoms with E-state index in [0.29, 0.717) is 0 Å². The van der Waals surface area contributed by atoms with Gasteiger partial charge in [-0.15, -0.1) is 0 Å². The molecule has 88 valence electrons. The lowest BCUT2D eigenvalue weighted by atomic mass is 10.0. The third kappa shape index (κ3) is 3.97. The van der Waals surface area contributed by atoms with Gasteiger partial charge in [-0.3, -0.25) is 0 Å². The van der Waals surface area contributed by atoms with E-state index in [9.17, 15) is 0 Å². The summed E-state index contributed by atoms with van der Waals surface area (Å²) in [5.74, 6) is 4.59. The van der Waals surface area contributed by atoms with E-state index in [1.54, 1.807) is 0 Å². The van der Waals surface area contributed by atoms with Crippen LogP contribution in [0, 0.1) is 11.8 Å². The number of nitrogens with one attached hydrogen (secondary N) is 1. The van der Waals surface area contributed by atoms with Gasteiger partial charge in [0, 0.05) is 26.2 Å². The van der Waals surface area contributed by atoms with E-state index in [0.717, 1.165) is 11.8 Å². The first-order valence-electron chi connectivity index (χ1n) is 6.35. The highest BCUT2D eigenvalue weighted by Crippen LogP contribution is 2.23. The molecule has 15 heavy (non-hydrogen) atoms. The third-order valence-electron chi connectivity index (χ3n) is 3.44. The second-order valence-electron chi connectivity index (χ2n) is 5.15. The zero-order chi connectivity index (χ0) is 10.5. The molecule has 0 saturated carbocycles. The predicted octanol–water partition coefficient (Wildman–Crippen LogP) is 1.67. The van der Waals surface area contributed by atoms with Crippen molar-refractivity contribution in [2.75, 3.05) is 44.2 Å². The van der Waals surface area contributed by atoms with Gasteiger partial charge in [0.1, 0.15) is 0 Å². The van der Waals surface area contributed by atoms with Crippen molar-refractivity contribution in [3.8, 4) is 0 Å². The van der Waals surface area contributed by atoms with Gasteiger partial charge in [0.15, 0.2) is 0 Å². The molecule has 2 rings (SSSR count). The molecule has 1 N–H and O–H groups in total. The summed E-state index contributed by atoms with van der Waals surface area (Å²) < 4.78 is 0. The summed E-state index contributed by atoms with van der Waals surface area (Å²) in [6.07, 6.45) is 2.91. The molecule has 0 bridgehead atoms. The molecule has 2 aliphatic rings. The van der Waals surface area contributed by atoms with Crippen LogP contribution in [0.15, 0.2) is 0 Å². The standard InChI is InChI=1S/C12H24N2S/c1-11-7-13-4-5-14(8-11)9-12-3-2-6-15-10-12/h11-13H,2-10H2,1H3. The van der Waals surface area contributed by atoms with Crippen LogP contribution in [0.25, 0.3) is 0 Å². The number of hydrogen-bond acceptors (Lipinski definition) is 3. The van der Waals surface area contributed by atoms with Gasteiger partial charge in [-0.25, -0.2) is 0 Å². The summed E-state index contributed by atoms with van der Waals surface area (Å²) in [4.78, 5) is 2.68. The van der Waals surface area contributed by atoms with Crippen LogP contribution in [0.3, 0.4) is 0 Å². The molecule has 0 aromatic rings. The molecule has 2 nitrogen and oxygen atoms in total. The molecule has 2 unspecified atom stereocenters. The van der Waals surface area contributed by atoms with E-state index in [1.165, 1.54) is 57.1 Å². The van der Waals surface area contributed by atoms with Crippen molar-refractivity contribution >= 4 is 11.8 Å². The Kier molecular flexibility index (Phi) is 4.79. The van der Waals surface area contributed by atoms with Crippen LogP contribution >= 0.6 is 11.8 Å². The molecular weight excluding hydrogens is 204 g/mol. The summed E-state index contributed by atoms with van der Waals surface area (Å²) in [6, 6.07) is 0. The first-order valence-corrected chi connectivity index (χ1v) is 7.51. The molecule has 0 spiro atoms. The second kappa shape index (κ2) is 6.12. The summed E-state index contributed by atoms with van der Waals surface area (Å²) in [5, 5.41) is 3.52. The van der Waals surface area contributed by atoms with Crippen LogP contribution in [-0.2, 0) is 0 Å². The Hall–Kier alpha value is 0.270. The Labute approximate surface area is 98.2 Å². The Balaban J connectivity index is 1.76. The summed E-state index contributed by atoms with van der Waals surface area (Å²) in [6.45, 7) is 8.65. The summed E-state index contributed by atoms with van der Waals surface area (Å²) in [5.41, 5.74) is 0. The minimum absolute atomic E-state index is 0.823. The first-order chi connectivity index (χ1) is 7.34. The maximum Gasteiger partial charge on any atom is 0.0107 e. The summed E-state index contributed by atoms with van der Waals surface area (Å²) >= 11 is 2.16. The molecule has 3 heteroatoms.